The van der Waals surface area contributed by atoms with Crippen molar-refractivity contribution in [1.29, 1.82) is 0 Å². The molecule has 7 heteroatoms. The SMILES string of the molecule is COCC(=O)N(C)CC(=O)Nc1c(Cl)cccc1Cl. The summed E-state index contributed by atoms with van der Waals surface area (Å²) >= 11 is 11.8. The van der Waals surface area contributed by atoms with E-state index in [2.05, 4.69) is 5.32 Å². The van der Waals surface area contributed by atoms with Crippen molar-refractivity contribution in [1.82, 2.24) is 4.90 Å². The highest BCUT2D eigenvalue weighted by molar-refractivity contribution is 6.39. The van der Waals surface area contributed by atoms with E-state index in [0.717, 1.165) is 0 Å². The zero-order valence-electron chi connectivity index (χ0n) is 10.6. The molecular formula is C12H14Cl2N2O3. The van der Waals surface area contributed by atoms with Crippen LogP contribution in [0, 0.1) is 0 Å². The van der Waals surface area contributed by atoms with Crippen molar-refractivity contribution >= 4 is 40.7 Å². The number of nitrogens with one attached hydrogen (secondary N) is 1. The second-order valence-electron chi connectivity index (χ2n) is 3.83. The molecule has 5 nitrogen and oxygen atoms in total. The Morgan fingerprint density at radius 3 is 2.42 bits per heavy atom. The maximum Gasteiger partial charge on any atom is 0.248 e. The van der Waals surface area contributed by atoms with Gasteiger partial charge in [-0.3, -0.25) is 9.59 Å². The summed E-state index contributed by atoms with van der Waals surface area (Å²) < 4.78 is 4.70. The molecule has 1 aromatic carbocycles. The first-order chi connectivity index (χ1) is 8.95. The Morgan fingerprint density at radius 1 is 1.32 bits per heavy atom. The molecule has 0 saturated carbocycles. The number of carbonyl (C=O) groups excluding carboxylic acids is 2. The lowest BCUT2D eigenvalue weighted by molar-refractivity contribution is -0.136. The van der Waals surface area contributed by atoms with E-state index in [1.807, 2.05) is 0 Å². The fraction of sp³-hybridized carbons (Fsp3) is 0.333. The van der Waals surface area contributed by atoms with Gasteiger partial charge in [-0.2, -0.15) is 0 Å². The summed E-state index contributed by atoms with van der Waals surface area (Å²) in [6.45, 7) is -0.180. The number of amides is 2. The lowest BCUT2D eigenvalue weighted by Gasteiger charge is -2.17. The summed E-state index contributed by atoms with van der Waals surface area (Å²) in [5.74, 6) is -0.676. The predicted octanol–water partition coefficient (Wildman–Crippen LogP) is 2.04. The third kappa shape index (κ3) is 4.70. The third-order valence-electron chi connectivity index (χ3n) is 2.30. The molecule has 0 unspecified atom stereocenters. The average Bonchev–Trinajstić information content (AvgIpc) is 2.34. The summed E-state index contributed by atoms with van der Waals surface area (Å²) in [6, 6.07) is 4.90. The molecule has 0 atom stereocenters. The molecule has 104 valence electrons. The molecule has 0 aliphatic heterocycles. The number of likely N-dealkylation sites (N-methyl/N-ethyl adjacent to an activating group) is 1. The van der Waals surface area contributed by atoms with Gasteiger partial charge in [0, 0.05) is 14.2 Å². The maximum atomic E-state index is 11.8. The van der Waals surface area contributed by atoms with Crippen molar-refractivity contribution in [3.8, 4) is 0 Å². The lowest BCUT2D eigenvalue weighted by Crippen LogP contribution is -2.36. The number of rotatable bonds is 5. The smallest absolute Gasteiger partial charge is 0.248 e. The second kappa shape index (κ2) is 7.33. The minimum Gasteiger partial charge on any atom is -0.375 e. The van der Waals surface area contributed by atoms with Crippen LogP contribution in [0.1, 0.15) is 0 Å². The van der Waals surface area contributed by atoms with Crippen molar-refractivity contribution in [2.45, 2.75) is 0 Å². The molecule has 0 aliphatic rings. The molecule has 0 saturated heterocycles. The molecule has 19 heavy (non-hydrogen) atoms. The van der Waals surface area contributed by atoms with Gasteiger partial charge in [0.2, 0.25) is 11.8 Å². The first-order valence-corrected chi connectivity index (χ1v) is 6.18. The first kappa shape index (κ1) is 15.8. The summed E-state index contributed by atoms with van der Waals surface area (Å²) in [7, 11) is 2.92. The van der Waals surface area contributed by atoms with Gasteiger partial charge in [0.25, 0.3) is 0 Å². The molecule has 0 bridgehead atoms. The monoisotopic (exact) mass is 304 g/mol. The van der Waals surface area contributed by atoms with Gasteiger partial charge in [-0.1, -0.05) is 29.3 Å². The van der Waals surface area contributed by atoms with E-state index in [-0.39, 0.29) is 25.0 Å². The van der Waals surface area contributed by atoms with Crippen LogP contribution in [0.5, 0.6) is 0 Å². The fourth-order valence-corrected chi connectivity index (χ4v) is 1.83. The molecule has 1 aromatic rings. The Balaban J connectivity index is 2.63. The summed E-state index contributed by atoms with van der Waals surface area (Å²) in [5.41, 5.74) is 0.337. The van der Waals surface area contributed by atoms with E-state index in [1.54, 1.807) is 18.2 Å². The van der Waals surface area contributed by atoms with Gasteiger partial charge in [0.15, 0.2) is 0 Å². The van der Waals surface area contributed by atoms with Crippen LogP contribution in [0.25, 0.3) is 0 Å². The second-order valence-corrected chi connectivity index (χ2v) is 4.64. The molecule has 0 fully saturated rings. The van der Waals surface area contributed by atoms with E-state index in [0.29, 0.717) is 15.7 Å². The number of ether oxygens (including phenoxy) is 1. The number of carbonyl (C=O) groups is 2. The highest BCUT2D eigenvalue weighted by Crippen LogP contribution is 2.29. The fourth-order valence-electron chi connectivity index (χ4n) is 1.33. The van der Waals surface area contributed by atoms with Crippen molar-refractivity contribution in [3.05, 3.63) is 28.2 Å². The molecule has 0 spiro atoms. The number of hydrogen-bond acceptors (Lipinski definition) is 3. The van der Waals surface area contributed by atoms with Crippen molar-refractivity contribution in [2.24, 2.45) is 0 Å². The number of nitrogens with zero attached hydrogens (tertiary/aromatic N) is 1. The summed E-state index contributed by atoms with van der Waals surface area (Å²) in [5, 5.41) is 3.25. The molecule has 0 radical (unpaired) electrons. The van der Waals surface area contributed by atoms with Crippen LogP contribution in [0.4, 0.5) is 5.69 Å². The van der Waals surface area contributed by atoms with E-state index < -0.39 is 0 Å². The van der Waals surface area contributed by atoms with Crippen LogP contribution in [0.15, 0.2) is 18.2 Å². The zero-order valence-corrected chi connectivity index (χ0v) is 12.1. The van der Waals surface area contributed by atoms with Gasteiger partial charge in [-0.15, -0.1) is 0 Å². The van der Waals surface area contributed by atoms with Gasteiger partial charge in [-0.05, 0) is 12.1 Å². The normalized spacial score (nSPS) is 10.1. The van der Waals surface area contributed by atoms with Gasteiger partial charge in [0.05, 0.1) is 22.3 Å². The molecule has 0 heterocycles. The lowest BCUT2D eigenvalue weighted by atomic mass is 10.3. The molecule has 1 N–H and O–H groups in total. The predicted molar refractivity (Wildman–Crippen MR) is 74.6 cm³/mol. The minimum absolute atomic E-state index is 0.0728. The van der Waals surface area contributed by atoms with Crippen molar-refractivity contribution in [2.75, 3.05) is 32.6 Å². The molecule has 2 amide bonds. The molecule has 0 aromatic heterocycles. The highest BCUT2D eigenvalue weighted by atomic mass is 35.5. The summed E-state index contributed by atoms with van der Waals surface area (Å²) in [4.78, 5) is 24.5. The van der Waals surface area contributed by atoms with Crippen LogP contribution in [-0.4, -0.2) is 44.0 Å². The number of anilines is 1. The van der Waals surface area contributed by atoms with E-state index >= 15 is 0 Å². The maximum absolute atomic E-state index is 11.8. The Hall–Kier alpha value is -1.30. The Kier molecular flexibility index (Phi) is 6.08. The summed E-state index contributed by atoms with van der Waals surface area (Å²) in [6.07, 6.45) is 0. The van der Waals surface area contributed by atoms with Gasteiger partial charge in [-0.25, -0.2) is 0 Å². The van der Waals surface area contributed by atoms with Crippen molar-refractivity contribution in [3.63, 3.8) is 0 Å². The molecule has 0 aliphatic carbocycles. The topological polar surface area (TPSA) is 58.6 Å². The van der Waals surface area contributed by atoms with Crippen molar-refractivity contribution < 1.29 is 14.3 Å². The van der Waals surface area contributed by atoms with Gasteiger partial charge >= 0.3 is 0 Å². The standard InChI is InChI=1S/C12H14Cl2N2O3/c1-16(11(18)7-19-2)6-10(17)15-12-8(13)4-3-5-9(12)14/h3-5H,6-7H2,1-2H3,(H,15,17). The number of hydrogen-bond donors (Lipinski definition) is 1. The van der Waals surface area contributed by atoms with E-state index in [9.17, 15) is 9.59 Å². The van der Waals surface area contributed by atoms with Crippen LogP contribution >= 0.6 is 23.2 Å². The van der Waals surface area contributed by atoms with Crippen LogP contribution in [0.2, 0.25) is 10.0 Å². The molecule has 1 rings (SSSR count). The van der Waals surface area contributed by atoms with Crippen LogP contribution in [0.3, 0.4) is 0 Å². The van der Waals surface area contributed by atoms with Gasteiger partial charge < -0.3 is 15.0 Å². The number of benzene rings is 1. The first-order valence-electron chi connectivity index (χ1n) is 5.42. The Morgan fingerprint density at radius 2 is 1.89 bits per heavy atom. The van der Waals surface area contributed by atoms with Gasteiger partial charge in [0.1, 0.15) is 6.61 Å². The highest BCUT2D eigenvalue weighted by Gasteiger charge is 2.14. The molecular weight excluding hydrogens is 291 g/mol. The van der Waals surface area contributed by atoms with E-state index in [4.69, 9.17) is 27.9 Å². The number of methoxy groups -OCH3 is 1. The Bertz CT molecular complexity index is 460. The quantitative estimate of drug-likeness (QED) is 0.905. The van der Waals surface area contributed by atoms with E-state index in [1.165, 1.54) is 19.1 Å². The third-order valence-corrected chi connectivity index (χ3v) is 2.93. The minimum atomic E-state index is -0.387. The zero-order chi connectivity index (χ0) is 14.4. The van der Waals surface area contributed by atoms with Crippen LogP contribution in [-0.2, 0) is 14.3 Å². The number of halogens is 2. The number of para-hydroxylation sites is 1. The van der Waals surface area contributed by atoms with Crippen LogP contribution < -0.4 is 5.32 Å². The average molecular weight is 305 g/mol. The Labute approximate surface area is 121 Å². The largest absolute Gasteiger partial charge is 0.375 e.